The molecule has 0 unspecified atom stereocenters. The van der Waals surface area contributed by atoms with Crippen LogP contribution in [0, 0.1) is 0 Å². The van der Waals surface area contributed by atoms with Crippen LogP contribution in [0.5, 0.6) is 0 Å². The van der Waals surface area contributed by atoms with Crippen LogP contribution in [0.2, 0.25) is 0 Å². The summed E-state index contributed by atoms with van der Waals surface area (Å²) in [6.07, 6.45) is 1.30. The number of benzene rings is 1. The van der Waals surface area contributed by atoms with E-state index < -0.39 is 23.6 Å². The molecular formula is C25H19F3N6O5. The standard InChI is InChI=1S/C23H18N6O3.C2HF3O2/c30-21(27-18-7-11-25-12-8-18)17-3-1-15(2-4-17)14-26-22(31)19-13-20(28-29-23(19)32)16-5-9-24-10-6-16;3-2(4,5)1(6)7/h1-13H,14H2,(H,26,31)(H,29,32)(H,25,27,30);(H,6,7). The summed E-state index contributed by atoms with van der Waals surface area (Å²) in [5, 5.41) is 18.9. The average molecular weight is 540 g/mol. The summed E-state index contributed by atoms with van der Waals surface area (Å²) in [4.78, 5) is 53.7. The normalized spacial score (nSPS) is 10.5. The van der Waals surface area contributed by atoms with Gasteiger partial charge in [-0.3, -0.25) is 24.4 Å². The van der Waals surface area contributed by atoms with Gasteiger partial charge in [0, 0.05) is 48.1 Å². The smallest absolute Gasteiger partial charge is 0.475 e. The van der Waals surface area contributed by atoms with Gasteiger partial charge in [-0.25, -0.2) is 9.89 Å². The zero-order chi connectivity index (χ0) is 28.4. The van der Waals surface area contributed by atoms with Crippen LogP contribution < -0.4 is 16.2 Å². The molecule has 3 aromatic heterocycles. The predicted octanol–water partition coefficient (Wildman–Crippen LogP) is 3.04. The molecule has 0 aliphatic rings. The molecule has 0 aliphatic carbocycles. The Labute approximate surface area is 217 Å². The number of aromatic amines is 1. The van der Waals surface area contributed by atoms with E-state index >= 15 is 0 Å². The Kier molecular flexibility index (Phi) is 9.19. The lowest BCUT2D eigenvalue weighted by molar-refractivity contribution is -0.192. The summed E-state index contributed by atoms with van der Waals surface area (Å²) in [5.74, 6) is -3.53. The zero-order valence-corrected chi connectivity index (χ0v) is 19.8. The number of carbonyl (C=O) groups excluding carboxylic acids is 2. The number of hydrogen-bond donors (Lipinski definition) is 4. The number of nitrogens with zero attached hydrogens (tertiary/aromatic N) is 3. The van der Waals surface area contributed by atoms with Crippen LogP contribution in [0.25, 0.3) is 11.3 Å². The number of aliphatic carboxylic acids is 1. The van der Waals surface area contributed by atoms with Gasteiger partial charge in [-0.2, -0.15) is 18.3 Å². The van der Waals surface area contributed by atoms with Gasteiger partial charge in [0.05, 0.1) is 5.69 Å². The van der Waals surface area contributed by atoms with E-state index in [0.29, 0.717) is 16.9 Å². The molecule has 3 heterocycles. The fraction of sp³-hybridized carbons (Fsp3) is 0.0800. The third-order valence-electron chi connectivity index (χ3n) is 4.87. The SMILES string of the molecule is O=C(Nc1ccncc1)c1ccc(CNC(=O)c2cc(-c3ccncc3)n[nH]c2=O)cc1.O=C(O)C(F)(F)F. The highest BCUT2D eigenvalue weighted by Crippen LogP contribution is 2.15. The van der Waals surface area contributed by atoms with Crippen molar-refractivity contribution in [2.45, 2.75) is 12.7 Å². The third kappa shape index (κ3) is 8.31. The molecule has 0 aliphatic heterocycles. The van der Waals surface area contributed by atoms with Gasteiger partial charge >= 0.3 is 12.1 Å². The molecule has 4 N–H and O–H groups in total. The van der Waals surface area contributed by atoms with Crippen molar-refractivity contribution in [2.75, 3.05) is 5.32 Å². The number of pyridine rings is 2. The molecule has 0 atom stereocenters. The van der Waals surface area contributed by atoms with Crippen molar-refractivity contribution >= 4 is 23.5 Å². The maximum absolute atomic E-state index is 12.6. The van der Waals surface area contributed by atoms with Crippen molar-refractivity contribution < 1.29 is 32.7 Å². The van der Waals surface area contributed by atoms with Crippen LogP contribution in [0.15, 0.2) is 84.2 Å². The Balaban J connectivity index is 0.000000532. The Morgan fingerprint density at radius 2 is 1.44 bits per heavy atom. The summed E-state index contributed by atoms with van der Waals surface area (Å²) in [6.45, 7) is 0.192. The molecule has 39 heavy (non-hydrogen) atoms. The lowest BCUT2D eigenvalue weighted by atomic mass is 10.1. The number of hydrogen-bond acceptors (Lipinski definition) is 7. The molecule has 0 fully saturated rings. The van der Waals surface area contributed by atoms with Gasteiger partial charge in [0.2, 0.25) is 0 Å². The zero-order valence-electron chi connectivity index (χ0n) is 19.8. The van der Waals surface area contributed by atoms with Crippen LogP contribution in [0.1, 0.15) is 26.3 Å². The highest BCUT2D eigenvalue weighted by Gasteiger charge is 2.38. The van der Waals surface area contributed by atoms with E-state index in [0.717, 1.165) is 11.1 Å². The van der Waals surface area contributed by atoms with E-state index in [-0.39, 0.29) is 18.0 Å². The Bertz CT molecular complexity index is 1490. The topological polar surface area (TPSA) is 167 Å². The van der Waals surface area contributed by atoms with E-state index in [2.05, 4.69) is 30.8 Å². The molecule has 14 heteroatoms. The average Bonchev–Trinajstić information content (AvgIpc) is 2.93. The molecule has 2 amide bonds. The van der Waals surface area contributed by atoms with Gasteiger partial charge < -0.3 is 15.7 Å². The second kappa shape index (κ2) is 12.7. The molecule has 4 rings (SSSR count). The highest BCUT2D eigenvalue weighted by atomic mass is 19.4. The van der Waals surface area contributed by atoms with Crippen LogP contribution >= 0.6 is 0 Å². The first kappa shape index (κ1) is 28.2. The number of carboxylic acids is 1. The second-order valence-corrected chi connectivity index (χ2v) is 7.60. The molecule has 4 aromatic rings. The van der Waals surface area contributed by atoms with Gasteiger partial charge in [0.1, 0.15) is 5.56 Å². The summed E-state index contributed by atoms with van der Waals surface area (Å²) in [5.41, 5.74) is 2.47. The van der Waals surface area contributed by atoms with Crippen molar-refractivity contribution in [3.8, 4) is 11.3 Å². The maximum atomic E-state index is 12.6. The number of rotatable bonds is 6. The number of anilines is 1. The highest BCUT2D eigenvalue weighted by molar-refractivity contribution is 6.04. The Morgan fingerprint density at radius 3 is 2.00 bits per heavy atom. The number of carboxylic acid groups (broad SMARTS) is 1. The van der Waals surface area contributed by atoms with Crippen molar-refractivity contribution in [2.24, 2.45) is 0 Å². The van der Waals surface area contributed by atoms with Gasteiger partial charge in [0.25, 0.3) is 17.4 Å². The van der Waals surface area contributed by atoms with E-state index in [1.54, 1.807) is 73.3 Å². The van der Waals surface area contributed by atoms with Crippen molar-refractivity contribution in [1.82, 2.24) is 25.5 Å². The number of nitrogens with one attached hydrogen (secondary N) is 3. The third-order valence-corrected chi connectivity index (χ3v) is 4.87. The van der Waals surface area contributed by atoms with Crippen LogP contribution in [0.3, 0.4) is 0 Å². The molecule has 0 spiro atoms. The Morgan fingerprint density at radius 1 is 0.872 bits per heavy atom. The van der Waals surface area contributed by atoms with Gasteiger partial charge in [0.15, 0.2) is 0 Å². The largest absolute Gasteiger partial charge is 0.490 e. The van der Waals surface area contributed by atoms with Gasteiger partial charge in [-0.15, -0.1) is 0 Å². The number of amides is 2. The predicted molar refractivity (Wildman–Crippen MR) is 132 cm³/mol. The first-order valence-electron chi connectivity index (χ1n) is 10.9. The Hall–Kier alpha value is -5.40. The second-order valence-electron chi connectivity index (χ2n) is 7.60. The molecule has 1 aromatic carbocycles. The van der Waals surface area contributed by atoms with Crippen molar-refractivity contribution in [1.29, 1.82) is 0 Å². The van der Waals surface area contributed by atoms with E-state index in [1.165, 1.54) is 6.07 Å². The fourth-order valence-corrected chi connectivity index (χ4v) is 2.94. The van der Waals surface area contributed by atoms with Crippen LogP contribution in [0.4, 0.5) is 18.9 Å². The molecule has 0 bridgehead atoms. The van der Waals surface area contributed by atoms with Crippen molar-refractivity contribution in [3.63, 3.8) is 0 Å². The van der Waals surface area contributed by atoms with E-state index in [4.69, 9.17) is 9.90 Å². The summed E-state index contributed by atoms with van der Waals surface area (Å²) in [6, 6.07) is 15.1. The quantitative estimate of drug-likeness (QED) is 0.290. The van der Waals surface area contributed by atoms with Gasteiger partial charge in [-0.05, 0) is 48.0 Å². The fourth-order valence-electron chi connectivity index (χ4n) is 2.94. The van der Waals surface area contributed by atoms with Crippen LogP contribution in [-0.2, 0) is 11.3 Å². The van der Waals surface area contributed by atoms with E-state index in [1.807, 2.05) is 0 Å². The number of halogens is 3. The summed E-state index contributed by atoms with van der Waals surface area (Å²) >= 11 is 0. The molecule has 0 saturated heterocycles. The minimum Gasteiger partial charge on any atom is -0.475 e. The summed E-state index contributed by atoms with van der Waals surface area (Å²) in [7, 11) is 0. The number of H-pyrrole nitrogens is 1. The van der Waals surface area contributed by atoms with Crippen LogP contribution in [-0.4, -0.2) is 49.2 Å². The lowest BCUT2D eigenvalue weighted by Crippen LogP contribution is -2.29. The number of carbonyl (C=O) groups is 3. The lowest BCUT2D eigenvalue weighted by Gasteiger charge is -2.08. The molecule has 0 radical (unpaired) electrons. The minimum absolute atomic E-state index is 0.0415. The molecular weight excluding hydrogens is 521 g/mol. The first-order chi connectivity index (χ1) is 18.5. The first-order valence-corrected chi connectivity index (χ1v) is 10.9. The number of alkyl halides is 3. The minimum atomic E-state index is -5.08. The molecule has 0 saturated carbocycles. The molecule has 11 nitrogen and oxygen atoms in total. The van der Waals surface area contributed by atoms with Gasteiger partial charge in [-0.1, -0.05) is 12.1 Å². The molecule has 200 valence electrons. The summed E-state index contributed by atoms with van der Waals surface area (Å²) < 4.78 is 31.7. The van der Waals surface area contributed by atoms with E-state index in [9.17, 15) is 27.6 Å². The maximum Gasteiger partial charge on any atom is 0.490 e. The monoisotopic (exact) mass is 540 g/mol. The number of aromatic nitrogens is 4. The van der Waals surface area contributed by atoms with Crippen molar-refractivity contribution in [3.05, 3.63) is 106 Å².